The van der Waals surface area contributed by atoms with Crippen molar-refractivity contribution in [3.8, 4) is 0 Å². The van der Waals surface area contributed by atoms with Crippen LogP contribution >= 0.6 is 0 Å². The summed E-state index contributed by atoms with van der Waals surface area (Å²) in [6.07, 6.45) is 34.6. The molecule has 0 N–H and O–H groups in total. The van der Waals surface area contributed by atoms with Gasteiger partial charge in [-0.25, -0.2) is 17.6 Å². The van der Waals surface area contributed by atoms with E-state index in [0.29, 0.717) is 36.4 Å². The van der Waals surface area contributed by atoms with Crippen LogP contribution in [0.3, 0.4) is 0 Å². The van der Waals surface area contributed by atoms with Crippen LogP contribution in [0.15, 0.2) is 54.6 Å². The summed E-state index contributed by atoms with van der Waals surface area (Å²) in [5.74, 6) is -0.581. The zero-order valence-corrected chi connectivity index (χ0v) is 98.1. The van der Waals surface area contributed by atoms with Crippen LogP contribution in [0.4, 0.5) is 17.6 Å². The molecule has 12 aliphatic heterocycles. The van der Waals surface area contributed by atoms with Crippen molar-refractivity contribution in [2.45, 2.75) is 506 Å². The van der Waals surface area contributed by atoms with Crippen LogP contribution < -0.4 is 0 Å². The molecule has 16 rings (SSSR count). The van der Waals surface area contributed by atoms with Gasteiger partial charge in [0.25, 0.3) is 11.8 Å². The Kier molecular flexibility index (Phi) is 66.7. The first-order chi connectivity index (χ1) is 64.7. The Morgan fingerprint density at radius 3 is 0.705 bits per heavy atom. The molecule has 2 spiro atoms. The third-order valence-electron chi connectivity index (χ3n) is 32.9. The number of nitrogens with zero attached hydrogens (tertiary/aromatic N) is 13. The summed E-state index contributed by atoms with van der Waals surface area (Å²) in [5.41, 5.74) is 6.38. The molecule has 17 heteroatoms. The molecule has 2 aromatic carbocycles. The van der Waals surface area contributed by atoms with E-state index in [4.69, 9.17) is 0 Å². The number of likely N-dealkylation sites (N-methyl/N-ethyl adjacent to an activating group) is 1. The quantitative estimate of drug-likeness (QED) is 0.169. The standard InChI is InChI=1S/C11H21N.C10H21N.C10H14.C9H17N.3C9H19N.C9H12.C8H15F2N.C8H18N2.2C8H17N.C7H15N.C6H11F2N.CH4/c1-10(2)12-8-11(9-12)6-4-3-5-7-11;1-9(2)11-7-5-10(3,4)6-8-11;1-8(2)10-6-4-9(3)5-7-10;1-8(2)10-6-9(7-10)4-3-5-9;3*1-8(2)10-6-4-9(3)5-7-10;1-8(2)9-6-4-3-5-7-9;1-7(2)11-5-3-8(9,10)4-6-11;1-8(2)10-6-4-9(3)5-7-10;2*1-8(2)9-6-4-3-5-7-9;1-7(2)8-5-3-4-6-8;1-5(2)9-3-6(7,8)4-9;/h10H,3-9H2,1-2H3;9H,5-8H2,1-4H3;4-8H,1-3H3;8H,3-7H2,1-2H3;3*8-9H,4-7H2,1-3H3;3-8H,1-2H3;7H,3-6H2,1-2H3;8H,4-7H2,1-3H3;2*8H,3-7H2,1-2H3;7H,3-6H2,1-2H3;5H,3-4H2,1-2H3;1H4. The zero-order valence-electron chi connectivity index (χ0n) is 98.1. The van der Waals surface area contributed by atoms with Crippen LogP contribution in [0.5, 0.6) is 0 Å². The Labute approximate surface area is 864 Å². The van der Waals surface area contributed by atoms with Gasteiger partial charge in [0.15, 0.2) is 0 Å². The maximum Gasteiger partial charge on any atom is 0.272 e. The molecule has 0 unspecified atom stereocenters. The minimum Gasteiger partial charge on any atom is -0.304 e. The first-order valence-electron chi connectivity index (χ1n) is 58.1. The van der Waals surface area contributed by atoms with Crippen molar-refractivity contribution in [3.05, 3.63) is 71.3 Å². The van der Waals surface area contributed by atoms with Gasteiger partial charge in [0, 0.05) is 151 Å². The molecule has 12 saturated heterocycles. The lowest BCUT2D eigenvalue weighted by molar-refractivity contribution is -0.141. The molecule has 139 heavy (non-hydrogen) atoms. The normalized spacial score (nSPS) is 23.1. The van der Waals surface area contributed by atoms with Crippen molar-refractivity contribution < 1.29 is 17.6 Å². The summed E-state index contributed by atoms with van der Waals surface area (Å²) >= 11 is 0. The van der Waals surface area contributed by atoms with Crippen LogP contribution in [0.2, 0.25) is 0 Å². The molecule has 2 aromatic rings. The Hall–Kier alpha value is -2.36. The van der Waals surface area contributed by atoms with Crippen LogP contribution in [0, 0.1) is 40.9 Å². The van der Waals surface area contributed by atoms with Crippen molar-refractivity contribution >= 4 is 0 Å². The van der Waals surface area contributed by atoms with Crippen molar-refractivity contribution in [1.82, 2.24) is 63.7 Å². The molecule has 2 aliphatic carbocycles. The van der Waals surface area contributed by atoms with Crippen LogP contribution in [0.25, 0.3) is 0 Å². The van der Waals surface area contributed by atoms with Crippen molar-refractivity contribution in [1.29, 1.82) is 0 Å². The molecule has 0 aromatic heterocycles. The van der Waals surface area contributed by atoms with Crippen LogP contribution in [-0.2, 0) is 0 Å². The van der Waals surface area contributed by atoms with Gasteiger partial charge in [-0.2, -0.15) is 0 Å². The predicted molar refractivity (Wildman–Crippen MR) is 607 cm³/mol. The van der Waals surface area contributed by atoms with E-state index in [1.165, 1.54) is 315 Å². The number of piperazine rings is 1. The third-order valence-corrected chi connectivity index (χ3v) is 32.9. The van der Waals surface area contributed by atoms with Gasteiger partial charge in [-0.05, 0) is 444 Å². The second kappa shape index (κ2) is 69.8. The summed E-state index contributed by atoms with van der Waals surface area (Å²) in [5, 5.41) is 0. The number of benzene rings is 2. The predicted octanol–water partition coefficient (Wildman–Crippen LogP) is 29.4. The summed E-state index contributed by atoms with van der Waals surface area (Å²) in [6, 6.07) is 27.5. The molecule has 0 atom stereocenters. The summed E-state index contributed by atoms with van der Waals surface area (Å²) in [4.78, 5) is 31.9. The number of hydrogen-bond donors (Lipinski definition) is 0. The van der Waals surface area contributed by atoms with Gasteiger partial charge >= 0.3 is 0 Å². The molecule has 820 valence electrons. The highest BCUT2D eigenvalue weighted by molar-refractivity contribution is 5.23. The van der Waals surface area contributed by atoms with E-state index in [0.717, 1.165) is 89.0 Å². The molecule has 0 amide bonds. The van der Waals surface area contributed by atoms with Gasteiger partial charge in [0.05, 0.1) is 13.1 Å². The largest absolute Gasteiger partial charge is 0.304 e. The monoisotopic (exact) mass is 1960 g/mol. The number of likely N-dealkylation sites (tertiary alicyclic amines) is 11. The second-order valence-corrected chi connectivity index (χ2v) is 50.3. The maximum atomic E-state index is 12.6. The number of alkyl halides is 4. The number of aryl methyl sites for hydroxylation is 1. The van der Waals surface area contributed by atoms with E-state index in [-0.39, 0.29) is 39.4 Å². The van der Waals surface area contributed by atoms with E-state index >= 15 is 0 Å². The zero-order chi connectivity index (χ0) is 104. The molecule has 0 bridgehead atoms. The van der Waals surface area contributed by atoms with Crippen LogP contribution in [-0.4, -0.2) is 325 Å². The number of halogens is 4. The van der Waals surface area contributed by atoms with Gasteiger partial charge in [0.1, 0.15) is 0 Å². The highest BCUT2D eigenvalue weighted by atomic mass is 19.3. The Morgan fingerprint density at radius 1 is 0.237 bits per heavy atom. The van der Waals surface area contributed by atoms with E-state index < -0.39 is 11.8 Å². The lowest BCUT2D eigenvalue weighted by Gasteiger charge is -2.57. The minimum atomic E-state index is -2.40. The number of rotatable bonds is 14. The summed E-state index contributed by atoms with van der Waals surface area (Å²) < 4.78 is 49.4. The van der Waals surface area contributed by atoms with E-state index in [1.807, 2.05) is 33.8 Å². The Balaban J connectivity index is 0.000000506. The van der Waals surface area contributed by atoms with E-state index in [9.17, 15) is 17.6 Å². The SMILES string of the molecule is C.CC(C)N1CC(F)(F)C1.CC(C)N1CC2(CCC2)C1.CC(C)N1CC2(CCCCC2)C1.CC(C)N1CCC(C)(C)CC1.CC(C)N1CCC(F)(F)CC1.CC(C)N1CCCC1.CC(C)N1CCCCC1.CC(C)N1CCCCC1.CC(C)N1CCN(C)CC1.CC(C)c1ccccc1.CC1CCN(C(C)C)CC1.CC1CCN(C(C)C)CC1.CC1CCN(C(C)C)CC1.Cc1ccc(C(C)C)cc1. The van der Waals surface area contributed by atoms with Gasteiger partial charge in [-0.3, -0.25) is 19.6 Å². The van der Waals surface area contributed by atoms with Crippen molar-refractivity contribution in [3.63, 3.8) is 0 Å². The molecule has 14 fully saturated rings. The third kappa shape index (κ3) is 56.7. The van der Waals surface area contributed by atoms with Crippen molar-refractivity contribution in [2.24, 2.45) is 34.0 Å². The highest BCUT2D eigenvalue weighted by Crippen LogP contribution is 2.49. The fourth-order valence-corrected chi connectivity index (χ4v) is 20.8. The first-order valence-corrected chi connectivity index (χ1v) is 58.1. The molecule has 2 saturated carbocycles. The number of piperidine rings is 7. The van der Waals surface area contributed by atoms with Crippen LogP contribution in [0.1, 0.15) is 431 Å². The van der Waals surface area contributed by atoms with Gasteiger partial charge in [-0.1, -0.05) is 168 Å². The molecular formula is C122H239F4N13. The molecule has 0 radical (unpaired) electrons. The summed E-state index contributed by atoms with van der Waals surface area (Å²) in [7, 11) is 2.19. The van der Waals surface area contributed by atoms with Gasteiger partial charge in [0.2, 0.25) is 0 Å². The first kappa shape index (κ1) is 133. The second-order valence-electron chi connectivity index (χ2n) is 50.3. The lowest BCUT2D eigenvalue weighted by Crippen LogP contribution is -2.61. The average molecular weight is 1960 g/mol. The molecule has 13 nitrogen and oxygen atoms in total. The molecule has 14 aliphatic rings. The lowest BCUT2D eigenvalue weighted by atomic mass is 9.63. The molecular weight excluding hydrogens is 1720 g/mol. The molecule has 12 heterocycles. The van der Waals surface area contributed by atoms with Gasteiger partial charge < -0.3 is 44.1 Å². The van der Waals surface area contributed by atoms with E-state index in [1.54, 1.807) is 4.90 Å². The van der Waals surface area contributed by atoms with E-state index in [2.05, 4.69) is 322 Å². The Morgan fingerprint density at radius 2 is 0.468 bits per heavy atom. The fraction of sp³-hybridized carbons (Fsp3) is 0.902. The smallest absolute Gasteiger partial charge is 0.272 e. The topological polar surface area (TPSA) is 42.1 Å². The average Bonchev–Trinajstić information content (AvgIpc) is 0.997. The maximum absolute atomic E-state index is 12.6. The Bertz CT molecular complexity index is 3010. The highest BCUT2D eigenvalue weighted by Gasteiger charge is 2.48. The number of hydrogen-bond acceptors (Lipinski definition) is 13. The van der Waals surface area contributed by atoms with Crippen molar-refractivity contribution in [2.75, 3.05) is 177 Å². The minimum absolute atomic E-state index is 0. The fourth-order valence-electron chi connectivity index (χ4n) is 20.8. The summed E-state index contributed by atoms with van der Waals surface area (Å²) in [6.45, 7) is 106. The van der Waals surface area contributed by atoms with Gasteiger partial charge in [-0.15, -0.1) is 0 Å².